The van der Waals surface area contributed by atoms with Gasteiger partial charge in [-0.2, -0.15) is 0 Å². The molecule has 4 heteroatoms. The minimum absolute atomic E-state index is 0. The lowest BCUT2D eigenvalue weighted by Crippen LogP contribution is -2.26. The molecule has 1 aliphatic rings. The fourth-order valence-electron chi connectivity index (χ4n) is 2.41. The number of ether oxygens (including phenoxy) is 1. The van der Waals surface area contributed by atoms with E-state index in [9.17, 15) is 0 Å². The molecule has 1 heterocycles. The predicted octanol–water partition coefficient (Wildman–Crippen LogP) is 4.38. The van der Waals surface area contributed by atoms with Crippen LogP contribution < -0.4 is 10.1 Å². The number of halogens is 2. The van der Waals surface area contributed by atoms with Crippen LogP contribution in [0.25, 0.3) is 0 Å². The van der Waals surface area contributed by atoms with Crippen LogP contribution in [-0.4, -0.2) is 6.61 Å². The Morgan fingerprint density at radius 1 is 1.15 bits per heavy atom. The highest BCUT2D eigenvalue weighted by Gasteiger charge is 2.20. The van der Waals surface area contributed by atoms with E-state index in [4.69, 9.17) is 16.3 Å². The third-order valence-corrected chi connectivity index (χ3v) is 3.65. The maximum Gasteiger partial charge on any atom is 0.125 e. The summed E-state index contributed by atoms with van der Waals surface area (Å²) in [6.45, 7) is 1.60. The number of benzene rings is 2. The van der Waals surface area contributed by atoms with Gasteiger partial charge in [-0.3, -0.25) is 0 Å². The average molecular weight is 310 g/mol. The number of hydrogen-bond donors (Lipinski definition) is 1. The molecule has 1 unspecified atom stereocenters. The van der Waals surface area contributed by atoms with E-state index in [1.807, 2.05) is 18.2 Å². The van der Waals surface area contributed by atoms with E-state index in [0.29, 0.717) is 6.04 Å². The third-order valence-electron chi connectivity index (χ3n) is 3.41. The van der Waals surface area contributed by atoms with E-state index in [1.54, 1.807) is 0 Å². The number of hydrogen-bond acceptors (Lipinski definition) is 2. The van der Waals surface area contributed by atoms with Crippen LogP contribution in [0.15, 0.2) is 48.5 Å². The van der Waals surface area contributed by atoms with Gasteiger partial charge in [-0.25, -0.2) is 0 Å². The van der Waals surface area contributed by atoms with Crippen LogP contribution >= 0.6 is 24.0 Å². The van der Waals surface area contributed by atoms with Gasteiger partial charge in [-0.05, 0) is 17.7 Å². The van der Waals surface area contributed by atoms with E-state index in [1.165, 1.54) is 11.1 Å². The van der Waals surface area contributed by atoms with Crippen LogP contribution in [0, 0.1) is 0 Å². The monoisotopic (exact) mass is 309 g/mol. The Morgan fingerprint density at radius 3 is 2.75 bits per heavy atom. The predicted molar refractivity (Wildman–Crippen MR) is 84.8 cm³/mol. The van der Waals surface area contributed by atoms with Crippen LogP contribution in [0.1, 0.15) is 23.6 Å². The van der Waals surface area contributed by atoms with E-state index in [2.05, 4.69) is 35.6 Å². The van der Waals surface area contributed by atoms with E-state index >= 15 is 0 Å². The van der Waals surface area contributed by atoms with Gasteiger partial charge in [0.15, 0.2) is 0 Å². The Balaban J connectivity index is 0.00000147. The normalized spacial score (nSPS) is 16.8. The summed E-state index contributed by atoms with van der Waals surface area (Å²) < 4.78 is 5.66. The summed E-state index contributed by atoms with van der Waals surface area (Å²) in [6.07, 6.45) is 0.988. The van der Waals surface area contributed by atoms with Crippen molar-refractivity contribution in [2.24, 2.45) is 0 Å². The second kappa shape index (κ2) is 6.98. The first-order valence-electron chi connectivity index (χ1n) is 6.52. The average Bonchev–Trinajstić information content (AvgIpc) is 2.45. The molecule has 0 radical (unpaired) electrons. The zero-order chi connectivity index (χ0) is 13.1. The fraction of sp³-hybridized carbons (Fsp3) is 0.250. The molecule has 0 aliphatic carbocycles. The van der Waals surface area contributed by atoms with Gasteiger partial charge in [0.2, 0.25) is 0 Å². The van der Waals surface area contributed by atoms with Gasteiger partial charge in [0.1, 0.15) is 5.75 Å². The molecule has 2 nitrogen and oxygen atoms in total. The topological polar surface area (TPSA) is 21.3 Å². The standard InChI is InChI=1S/C16H16ClNO.ClH/c17-13-6-7-14-15(8-9-19-16(14)10-13)18-11-12-4-2-1-3-5-12;/h1-7,10,15,18H,8-9,11H2;1H. The summed E-state index contributed by atoms with van der Waals surface area (Å²) in [6, 6.07) is 16.6. The molecular weight excluding hydrogens is 293 g/mol. The van der Waals surface area contributed by atoms with Crippen molar-refractivity contribution >= 4 is 24.0 Å². The summed E-state index contributed by atoms with van der Waals surface area (Å²) in [4.78, 5) is 0. The molecule has 106 valence electrons. The molecule has 1 N–H and O–H groups in total. The zero-order valence-electron chi connectivity index (χ0n) is 11.0. The molecule has 0 saturated heterocycles. The molecule has 0 amide bonds. The molecule has 0 saturated carbocycles. The quantitative estimate of drug-likeness (QED) is 0.908. The Hall–Kier alpha value is -1.22. The highest BCUT2D eigenvalue weighted by Crippen LogP contribution is 2.34. The van der Waals surface area contributed by atoms with Crippen molar-refractivity contribution in [3.05, 3.63) is 64.7 Å². The lowest BCUT2D eigenvalue weighted by molar-refractivity contribution is 0.252. The van der Waals surface area contributed by atoms with Gasteiger partial charge < -0.3 is 10.1 Å². The maximum atomic E-state index is 6.00. The highest BCUT2D eigenvalue weighted by atomic mass is 35.5. The van der Waals surface area contributed by atoms with Crippen LogP contribution in [-0.2, 0) is 6.54 Å². The van der Waals surface area contributed by atoms with Crippen molar-refractivity contribution in [1.82, 2.24) is 5.32 Å². The van der Waals surface area contributed by atoms with Gasteiger partial charge in [-0.1, -0.05) is 48.0 Å². The lowest BCUT2D eigenvalue weighted by atomic mass is 10.0. The molecular formula is C16H17Cl2NO. The van der Waals surface area contributed by atoms with Gasteiger partial charge in [0.05, 0.1) is 6.61 Å². The van der Waals surface area contributed by atoms with Crippen molar-refractivity contribution in [3.8, 4) is 5.75 Å². The SMILES string of the molecule is Cl.Clc1ccc2c(c1)OCCC2NCc1ccccc1. The minimum atomic E-state index is 0. The van der Waals surface area contributed by atoms with Crippen molar-refractivity contribution < 1.29 is 4.74 Å². The molecule has 1 aliphatic heterocycles. The van der Waals surface area contributed by atoms with Gasteiger partial charge in [0.25, 0.3) is 0 Å². The summed E-state index contributed by atoms with van der Waals surface area (Å²) >= 11 is 6.00. The van der Waals surface area contributed by atoms with Crippen molar-refractivity contribution in [2.75, 3.05) is 6.61 Å². The van der Waals surface area contributed by atoms with Crippen LogP contribution in [0.4, 0.5) is 0 Å². The van der Waals surface area contributed by atoms with Crippen LogP contribution in [0.2, 0.25) is 5.02 Å². The van der Waals surface area contributed by atoms with Gasteiger partial charge >= 0.3 is 0 Å². The van der Waals surface area contributed by atoms with E-state index in [-0.39, 0.29) is 12.4 Å². The maximum absolute atomic E-state index is 6.00. The summed E-state index contributed by atoms with van der Waals surface area (Å²) in [5.41, 5.74) is 2.50. The largest absolute Gasteiger partial charge is 0.493 e. The number of fused-ring (bicyclic) bond motifs is 1. The summed E-state index contributed by atoms with van der Waals surface area (Å²) in [5.74, 6) is 0.907. The summed E-state index contributed by atoms with van der Waals surface area (Å²) in [5, 5.41) is 4.31. The first kappa shape index (κ1) is 15.2. The second-order valence-electron chi connectivity index (χ2n) is 4.74. The number of nitrogens with one attached hydrogen (secondary N) is 1. The molecule has 0 aromatic heterocycles. The van der Waals surface area contributed by atoms with E-state index < -0.39 is 0 Å². The van der Waals surface area contributed by atoms with E-state index in [0.717, 1.165) is 30.3 Å². The van der Waals surface area contributed by atoms with Gasteiger partial charge in [0, 0.05) is 29.6 Å². The minimum Gasteiger partial charge on any atom is -0.493 e. The Bertz CT molecular complexity index is 560. The first-order chi connectivity index (χ1) is 9.33. The second-order valence-corrected chi connectivity index (χ2v) is 5.17. The van der Waals surface area contributed by atoms with Crippen LogP contribution in [0.5, 0.6) is 5.75 Å². The molecule has 1 atom stereocenters. The van der Waals surface area contributed by atoms with Crippen molar-refractivity contribution in [2.45, 2.75) is 19.0 Å². The highest BCUT2D eigenvalue weighted by molar-refractivity contribution is 6.30. The van der Waals surface area contributed by atoms with Gasteiger partial charge in [-0.15, -0.1) is 12.4 Å². The number of rotatable bonds is 3. The lowest BCUT2D eigenvalue weighted by Gasteiger charge is -2.27. The van der Waals surface area contributed by atoms with Crippen molar-refractivity contribution in [1.29, 1.82) is 0 Å². The zero-order valence-corrected chi connectivity index (χ0v) is 12.6. The molecule has 3 rings (SSSR count). The van der Waals surface area contributed by atoms with Crippen molar-refractivity contribution in [3.63, 3.8) is 0 Å². The smallest absolute Gasteiger partial charge is 0.125 e. The Kier molecular flexibility index (Phi) is 5.30. The third kappa shape index (κ3) is 3.45. The molecule has 0 fully saturated rings. The molecule has 0 bridgehead atoms. The molecule has 2 aromatic carbocycles. The molecule has 0 spiro atoms. The molecule has 20 heavy (non-hydrogen) atoms. The first-order valence-corrected chi connectivity index (χ1v) is 6.90. The molecule has 2 aromatic rings. The van der Waals surface area contributed by atoms with Crippen LogP contribution in [0.3, 0.4) is 0 Å². The Morgan fingerprint density at radius 2 is 1.95 bits per heavy atom. The fourth-order valence-corrected chi connectivity index (χ4v) is 2.57. The summed E-state index contributed by atoms with van der Waals surface area (Å²) in [7, 11) is 0. The Labute approximate surface area is 130 Å².